The van der Waals surface area contributed by atoms with E-state index in [2.05, 4.69) is 15.6 Å². The molecule has 1 aliphatic rings. The first kappa shape index (κ1) is 17.9. The number of pyridine rings is 1. The van der Waals surface area contributed by atoms with Gasteiger partial charge < -0.3 is 15.7 Å². The molecule has 0 bridgehead atoms. The zero-order chi connectivity index (χ0) is 18.5. The number of amides is 2. The number of aliphatic carboxylic acids is 1. The van der Waals surface area contributed by atoms with Crippen LogP contribution in [0, 0.1) is 12.8 Å². The minimum absolute atomic E-state index is 0.0208. The number of carboxylic acids is 1. The summed E-state index contributed by atoms with van der Waals surface area (Å²) in [5.41, 5.74) is 3.70. The fourth-order valence-electron chi connectivity index (χ4n) is 3.30. The van der Waals surface area contributed by atoms with E-state index in [0.717, 1.165) is 22.4 Å². The van der Waals surface area contributed by atoms with E-state index in [1.54, 1.807) is 12.4 Å². The molecule has 1 aromatic heterocycles. The van der Waals surface area contributed by atoms with Gasteiger partial charge in [-0.25, -0.2) is 4.79 Å². The molecule has 1 saturated carbocycles. The summed E-state index contributed by atoms with van der Waals surface area (Å²) in [5, 5.41) is 14.9. The third-order valence-electron chi connectivity index (χ3n) is 4.89. The van der Waals surface area contributed by atoms with Gasteiger partial charge >= 0.3 is 12.0 Å². The molecule has 1 fully saturated rings. The van der Waals surface area contributed by atoms with Gasteiger partial charge in [0.25, 0.3) is 0 Å². The predicted octanol–water partition coefficient (Wildman–Crippen LogP) is 3.82. The second-order valence-corrected chi connectivity index (χ2v) is 6.76. The molecule has 1 aromatic carbocycles. The van der Waals surface area contributed by atoms with Crippen LogP contribution in [0.2, 0.25) is 0 Å². The lowest BCUT2D eigenvalue weighted by Gasteiger charge is -2.27. The zero-order valence-corrected chi connectivity index (χ0v) is 14.7. The van der Waals surface area contributed by atoms with Crippen molar-refractivity contribution in [2.24, 2.45) is 5.92 Å². The molecule has 0 aliphatic heterocycles. The van der Waals surface area contributed by atoms with Crippen molar-refractivity contribution >= 4 is 17.7 Å². The molecule has 1 aliphatic carbocycles. The van der Waals surface area contributed by atoms with Gasteiger partial charge in [-0.05, 0) is 55.9 Å². The highest BCUT2D eigenvalue weighted by Gasteiger charge is 2.26. The van der Waals surface area contributed by atoms with Crippen molar-refractivity contribution < 1.29 is 14.7 Å². The van der Waals surface area contributed by atoms with Crippen molar-refractivity contribution in [3.05, 3.63) is 48.3 Å². The van der Waals surface area contributed by atoms with E-state index < -0.39 is 5.97 Å². The van der Waals surface area contributed by atoms with Crippen molar-refractivity contribution in [2.45, 2.75) is 38.6 Å². The Morgan fingerprint density at radius 1 is 1.12 bits per heavy atom. The van der Waals surface area contributed by atoms with Gasteiger partial charge in [0.1, 0.15) is 0 Å². The zero-order valence-electron chi connectivity index (χ0n) is 14.7. The summed E-state index contributed by atoms with van der Waals surface area (Å²) in [6.07, 6.45) is 6.11. The van der Waals surface area contributed by atoms with Crippen LogP contribution < -0.4 is 10.6 Å². The van der Waals surface area contributed by atoms with Gasteiger partial charge in [0, 0.05) is 29.7 Å². The predicted molar refractivity (Wildman–Crippen MR) is 99.9 cm³/mol. The van der Waals surface area contributed by atoms with Crippen molar-refractivity contribution in [3.63, 3.8) is 0 Å². The number of anilines is 1. The number of carboxylic acid groups (broad SMARTS) is 1. The lowest BCUT2D eigenvalue weighted by Crippen LogP contribution is -2.41. The Labute approximate surface area is 152 Å². The summed E-state index contributed by atoms with van der Waals surface area (Å²) in [6.45, 7) is 1.95. The summed E-state index contributed by atoms with van der Waals surface area (Å²) in [5.74, 6) is -1.02. The van der Waals surface area contributed by atoms with Crippen LogP contribution in [0.15, 0.2) is 42.7 Å². The molecule has 26 heavy (non-hydrogen) atoms. The van der Waals surface area contributed by atoms with Gasteiger partial charge in [0.05, 0.1) is 5.92 Å². The molecule has 0 radical (unpaired) electrons. The highest BCUT2D eigenvalue weighted by atomic mass is 16.4. The largest absolute Gasteiger partial charge is 0.481 e. The molecule has 2 amide bonds. The van der Waals surface area contributed by atoms with Crippen LogP contribution in [0.25, 0.3) is 11.1 Å². The summed E-state index contributed by atoms with van der Waals surface area (Å²) >= 11 is 0. The number of urea groups is 1. The van der Waals surface area contributed by atoms with Gasteiger partial charge in [0.2, 0.25) is 0 Å². The van der Waals surface area contributed by atoms with Crippen LogP contribution in [0.3, 0.4) is 0 Å². The molecule has 2 aromatic rings. The van der Waals surface area contributed by atoms with E-state index in [1.165, 1.54) is 0 Å². The molecule has 0 spiro atoms. The lowest BCUT2D eigenvalue weighted by atomic mass is 9.86. The van der Waals surface area contributed by atoms with E-state index in [1.807, 2.05) is 37.3 Å². The molecular weight excluding hydrogens is 330 g/mol. The fourth-order valence-corrected chi connectivity index (χ4v) is 3.30. The molecule has 0 atom stereocenters. The molecule has 1 heterocycles. The summed E-state index contributed by atoms with van der Waals surface area (Å²) in [7, 11) is 0. The molecule has 136 valence electrons. The number of carbonyl (C=O) groups excluding carboxylic acids is 1. The lowest BCUT2D eigenvalue weighted by molar-refractivity contribution is -0.142. The third-order valence-corrected chi connectivity index (χ3v) is 4.89. The van der Waals surface area contributed by atoms with E-state index in [4.69, 9.17) is 5.11 Å². The molecule has 6 heteroatoms. The fraction of sp³-hybridized carbons (Fsp3) is 0.350. The summed E-state index contributed by atoms with van der Waals surface area (Å²) in [6, 6.07) is 9.53. The second-order valence-electron chi connectivity index (χ2n) is 6.76. The third kappa shape index (κ3) is 4.39. The molecule has 3 rings (SSSR count). The van der Waals surface area contributed by atoms with Gasteiger partial charge in [-0.3, -0.25) is 9.78 Å². The van der Waals surface area contributed by atoms with Crippen molar-refractivity contribution in [2.75, 3.05) is 5.32 Å². The second kappa shape index (κ2) is 7.99. The smallest absolute Gasteiger partial charge is 0.319 e. The minimum Gasteiger partial charge on any atom is -0.481 e. The maximum Gasteiger partial charge on any atom is 0.319 e. The normalized spacial score (nSPS) is 19.6. The van der Waals surface area contributed by atoms with Gasteiger partial charge in [-0.15, -0.1) is 0 Å². The Morgan fingerprint density at radius 2 is 1.88 bits per heavy atom. The quantitative estimate of drug-likeness (QED) is 0.779. The van der Waals surface area contributed by atoms with Gasteiger partial charge in [-0.2, -0.15) is 0 Å². The number of nitrogens with one attached hydrogen (secondary N) is 2. The number of hydrogen-bond acceptors (Lipinski definition) is 3. The topological polar surface area (TPSA) is 91.3 Å². The average molecular weight is 353 g/mol. The first-order valence-corrected chi connectivity index (χ1v) is 8.84. The molecular formula is C20H23N3O3. The number of carbonyl (C=O) groups is 2. The van der Waals surface area contributed by atoms with Gasteiger partial charge in [0.15, 0.2) is 0 Å². The Balaban J connectivity index is 1.62. The Kier molecular flexibility index (Phi) is 5.51. The van der Waals surface area contributed by atoms with Crippen LogP contribution in [0.5, 0.6) is 0 Å². The molecule has 0 unspecified atom stereocenters. The van der Waals surface area contributed by atoms with Crippen molar-refractivity contribution in [1.82, 2.24) is 10.3 Å². The minimum atomic E-state index is -0.740. The summed E-state index contributed by atoms with van der Waals surface area (Å²) in [4.78, 5) is 27.5. The van der Waals surface area contributed by atoms with E-state index >= 15 is 0 Å². The standard InChI is InChI=1S/C20H23N3O3/c1-13-4-5-15(16-3-2-10-21-12-16)11-18(13)23-20(26)22-17-8-6-14(7-9-17)19(24)25/h2-5,10-12,14,17H,6-9H2,1H3,(H,24,25)(H2,22,23,26). The van der Waals surface area contributed by atoms with Crippen LogP contribution in [-0.4, -0.2) is 28.1 Å². The molecule has 3 N–H and O–H groups in total. The number of aromatic nitrogens is 1. The average Bonchev–Trinajstić information content (AvgIpc) is 2.64. The summed E-state index contributed by atoms with van der Waals surface area (Å²) < 4.78 is 0. The highest BCUT2D eigenvalue weighted by Crippen LogP contribution is 2.26. The number of benzene rings is 1. The van der Waals surface area contributed by atoms with Crippen molar-refractivity contribution in [1.29, 1.82) is 0 Å². The van der Waals surface area contributed by atoms with E-state index in [9.17, 15) is 9.59 Å². The maximum atomic E-state index is 12.3. The SMILES string of the molecule is Cc1ccc(-c2cccnc2)cc1NC(=O)NC1CCC(C(=O)O)CC1. The first-order chi connectivity index (χ1) is 12.5. The monoisotopic (exact) mass is 353 g/mol. The molecule has 6 nitrogen and oxygen atoms in total. The van der Waals surface area contributed by atoms with E-state index in [0.29, 0.717) is 25.7 Å². The first-order valence-electron chi connectivity index (χ1n) is 8.84. The Bertz CT molecular complexity index is 784. The Morgan fingerprint density at radius 3 is 2.54 bits per heavy atom. The van der Waals surface area contributed by atoms with Gasteiger partial charge in [-0.1, -0.05) is 18.2 Å². The molecule has 0 saturated heterocycles. The van der Waals surface area contributed by atoms with Crippen LogP contribution in [-0.2, 0) is 4.79 Å². The number of hydrogen-bond donors (Lipinski definition) is 3. The van der Waals surface area contributed by atoms with Crippen LogP contribution in [0.1, 0.15) is 31.2 Å². The number of rotatable bonds is 4. The number of aryl methyl sites for hydroxylation is 1. The highest BCUT2D eigenvalue weighted by molar-refractivity contribution is 5.91. The van der Waals surface area contributed by atoms with Crippen molar-refractivity contribution in [3.8, 4) is 11.1 Å². The van der Waals surface area contributed by atoms with E-state index in [-0.39, 0.29) is 18.0 Å². The Hall–Kier alpha value is -2.89. The van der Waals surface area contributed by atoms with Crippen LogP contribution >= 0.6 is 0 Å². The number of nitrogens with zero attached hydrogens (tertiary/aromatic N) is 1. The maximum absolute atomic E-state index is 12.3. The van der Waals surface area contributed by atoms with Crippen LogP contribution in [0.4, 0.5) is 10.5 Å².